The van der Waals surface area contributed by atoms with Gasteiger partial charge in [0.25, 0.3) is 0 Å². The van der Waals surface area contributed by atoms with Gasteiger partial charge in [0.15, 0.2) is 0 Å². The van der Waals surface area contributed by atoms with E-state index in [1.165, 1.54) is 14.2 Å². The zero-order chi connectivity index (χ0) is 11.4. The van der Waals surface area contributed by atoms with Gasteiger partial charge in [-0.3, -0.25) is 4.79 Å². The standard InChI is InChI=1S/C10H10BrClO3/c1-14-8-4-3-7(11)6(10(8)12)5-9(13)15-2/h3-4H,5H2,1-2H3. The molecule has 0 unspecified atom stereocenters. The van der Waals surface area contributed by atoms with E-state index in [2.05, 4.69) is 20.7 Å². The third-order valence-electron chi connectivity index (χ3n) is 1.92. The van der Waals surface area contributed by atoms with Gasteiger partial charge in [0.1, 0.15) is 5.75 Å². The Morgan fingerprint density at radius 3 is 2.67 bits per heavy atom. The Labute approximate surface area is 101 Å². The number of hydrogen-bond donors (Lipinski definition) is 0. The number of methoxy groups -OCH3 is 2. The number of benzene rings is 1. The zero-order valence-corrected chi connectivity index (χ0v) is 10.7. The van der Waals surface area contributed by atoms with Gasteiger partial charge in [-0.05, 0) is 17.7 Å². The van der Waals surface area contributed by atoms with E-state index in [0.29, 0.717) is 16.3 Å². The molecule has 0 aliphatic rings. The van der Waals surface area contributed by atoms with Crippen LogP contribution in [0, 0.1) is 0 Å². The number of carbonyl (C=O) groups is 1. The lowest BCUT2D eigenvalue weighted by atomic mass is 10.1. The van der Waals surface area contributed by atoms with Crippen LogP contribution in [0.15, 0.2) is 16.6 Å². The Bertz CT molecular complexity index is 379. The molecule has 0 spiro atoms. The molecule has 0 bridgehead atoms. The van der Waals surface area contributed by atoms with Gasteiger partial charge < -0.3 is 9.47 Å². The molecule has 0 aliphatic heterocycles. The molecule has 1 rings (SSSR count). The van der Waals surface area contributed by atoms with Crippen molar-refractivity contribution in [2.24, 2.45) is 0 Å². The number of halogens is 2. The van der Waals surface area contributed by atoms with Gasteiger partial charge in [0.05, 0.1) is 25.7 Å². The molecule has 0 atom stereocenters. The summed E-state index contributed by atoms with van der Waals surface area (Å²) in [6, 6.07) is 3.51. The molecule has 82 valence electrons. The van der Waals surface area contributed by atoms with E-state index in [4.69, 9.17) is 16.3 Å². The van der Waals surface area contributed by atoms with Crippen LogP contribution in [0.2, 0.25) is 5.02 Å². The highest BCUT2D eigenvalue weighted by atomic mass is 79.9. The first-order valence-corrected chi connectivity index (χ1v) is 5.35. The summed E-state index contributed by atoms with van der Waals surface area (Å²) in [6.07, 6.45) is 0.118. The molecular formula is C10H10BrClO3. The fourth-order valence-electron chi connectivity index (χ4n) is 1.11. The average Bonchev–Trinajstić information content (AvgIpc) is 2.24. The number of hydrogen-bond acceptors (Lipinski definition) is 3. The second-order valence-corrected chi connectivity index (χ2v) is 4.03. The first-order valence-electron chi connectivity index (χ1n) is 4.17. The normalized spacial score (nSPS) is 9.87. The molecule has 0 amide bonds. The van der Waals surface area contributed by atoms with Gasteiger partial charge in [-0.15, -0.1) is 0 Å². The third-order valence-corrected chi connectivity index (χ3v) is 3.08. The first-order chi connectivity index (χ1) is 7.10. The largest absolute Gasteiger partial charge is 0.495 e. The van der Waals surface area contributed by atoms with E-state index in [0.717, 1.165) is 4.47 Å². The molecule has 0 radical (unpaired) electrons. The summed E-state index contributed by atoms with van der Waals surface area (Å²) in [5.74, 6) is 0.199. The Morgan fingerprint density at radius 1 is 1.47 bits per heavy atom. The summed E-state index contributed by atoms with van der Waals surface area (Å²) in [5, 5.41) is 0.428. The lowest BCUT2D eigenvalue weighted by Gasteiger charge is -2.09. The fourth-order valence-corrected chi connectivity index (χ4v) is 2.01. The lowest BCUT2D eigenvalue weighted by molar-refractivity contribution is -0.139. The van der Waals surface area contributed by atoms with E-state index in [1.54, 1.807) is 12.1 Å². The monoisotopic (exact) mass is 292 g/mol. The van der Waals surface area contributed by atoms with Crippen LogP contribution < -0.4 is 4.74 Å². The van der Waals surface area contributed by atoms with E-state index >= 15 is 0 Å². The number of carbonyl (C=O) groups excluding carboxylic acids is 1. The second kappa shape index (κ2) is 5.37. The van der Waals surface area contributed by atoms with Gasteiger partial charge >= 0.3 is 5.97 Å². The molecular weight excluding hydrogens is 283 g/mol. The van der Waals surface area contributed by atoms with Crippen LogP contribution >= 0.6 is 27.5 Å². The molecule has 0 aliphatic carbocycles. The highest BCUT2D eigenvalue weighted by Crippen LogP contribution is 2.33. The van der Waals surface area contributed by atoms with E-state index in [-0.39, 0.29) is 12.4 Å². The second-order valence-electron chi connectivity index (χ2n) is 2.80. The zero-order valence-electron chi connectivity index (χ0n) is 8.34. The van der Waals surface area contributed by atoms with E-state index in [1.807, 2.05) is 0 Å². The van der Waals surface area contributed by atoms with Crippen molar-refractivity contribution in [3.63, 3.8) is 0 Å². The summed E-state index contributed by atoms with van der Waals surface area (Å²) >= 11 is 9.37. The fraction of sp³-hybridized carbons (Fsp3) is 0.300. The molecule has 0 aromatic heterocycles. The summed E-state index contributed by atoms with van der Waals surface area (Å²) in [4.78, 5) is 11.1. The average molecular weight is 294 g/mol. The van der Waals surface area contributed by atoms with Crippen LogP contribution in [0.3, 0.4) is 0 Å². The molecule has 5 heteroatoms. The Morgan fingerprint density at radius 2 is 2.13 bits per heavy atom. The quantitative estimate of drug-likeness (QED) is 0.804. The van der Waals surface area contributed by atoms with Gasteiger partial charge in [-0.1, -0.05) is 27.5 Å². The molecule has 0 heterocycles. The summed E-state index contributed by atoms with van der Waals surface area (Å²) < 4.78 is 10.4. The predicted molar refractivity (Wildman–Crippen MR) is 61.4 cm³/mol. The summed E-state index contributed by atoms with van der Waals surface area (Å²) in [5.41, 5.74) is 0.669. The maximum absolute atomic E-state index is 11.1. The molecule has 0 saturated carbocycles. The van der Waals surface area contributed by atoms with Crippen LogP contribution in [-0.4, -0.2) is 20.2 Å². The Hall–Kier alpha value is -0.740. The molecule has 3 nitrogen and oxygen atoms in total. The maximum Gasteiger partial charge on any atom is 0.310 e. The van der Waals surface area contributed by atoms with Gasteiger partial charge in [0.2, 0.25) is 0 Å². The number of ether oxygens (including phenoxy) is 2. The van der Waals surface area contributed by atoms with Gasteiger partial charge in [-0.25, -0.2) is 0 Å². The minimum Gasteiger partial charge on any atom is -0.495 e. The van der Waals surface area contributed by atoms with Crippen molar-refractivity contribution in [3.8, 4) is 5.75 Å². The predicted octanol–water partition coefficient (Wildman–Crippen LogP) is 2.83. The van der Waals surface area contributed by atoms with Crippen LogP contribution in [-0.2, 0) is 16.0 Å². The van der Waals surface area contributed by atoms with Crippen molar-refractivity contribution in [2.75, 3.05) is 14.2 Å². The molecule has 15 heavy (non-hydrogen) atoms. The van der Waals surface area contributed by atoms with Crippen molar-refractivity contribution in [1.29, 1.82) is 0 Å². The smallest absolute Gasteiger partial charge is 0.310 e. The molecule has 1 aromatic carbocycles. The van der Waals surface area contributed by atoms with Crippen molar-refractivity contribution in [2.45, 2.75) is 6.42 Å². The van der Waals surface area contributed by atoms with Gasteiger partial charge in [0, 0.05) is 4.47 Å². The van der Waals surface area contributed by atoms with Crippen molar-refractivity contribution < 1.29 is 14.3 Å². The molecule has 0 N–H and O–H groups in total. The van der Waals surface area contributed by atoms with Crippen LogP contribution in [0.25, 0.3) is 0 Å². The SMILES string of the molecule is COC(=O)Cc1c(Br)ccc(OC)c1Cl. The molecule has 1 aromatic rings. The van der Waals surface area contributed by atoms with Crippen molar-refractivity contribution in [3.05, 3.63) is 27.2 Å². The van der Waals surface area contributed by atoms with E-state index in [9.17, 15) is 4.79 Å². The minimum absolute atomic E-state index is 0.118. The van der Waals surface area contributed by atoms with Crippen LogP contribution in [0.1, 0.15) is 5.56 Å². The first kappa shape index (κ1) is 12.3. The molecule has 0 saturated heterocycles. The minimum atomic E-state index is -0.342. The molecule has 0 fully saturated rings. The van der Waals surface area contributed by atoms with Crippen molar-refractivity contribution >= 4 is 33.5 Å². The van der Waals surface area contributed by atoms with E-state index < -0.39 is 0 Å². The Balaban J connectivity index is 3.09. The summed E-state index contributed by atoms with van der Waals surface area (Å²) in [6.45, 7) is 0. The number of esters is 1. The Kier molecular flexibility index (Phi) is 4.42. The maximum atomic E-state index is 11.1. The third kappa shape index (κ3) is 2.86. The number of rotatable bonds is 3. The van der Waals surface area contributed by atoms with Crippen molar-refractivity contribution in [1.82, 2.24) is 0 Å². The lowest BCUT2D eigenvalue weighted by Crippen LogP contribution is -2.06. The summed E-state index contributed by atoms with van der Waals surface area (Å²) in [7, 11) is 2.86. The van der Waals surface area contributed by atoms with Crippen LogP contribution in [0.4, 0.5) is 0 Å². The van der Waals surface area contributed by atoms with Crippen LogP contribution in [0.5, 0.6) is 5.75 Å². The highest BCUT2D eigenvalue weighted by molar-refractivity contribution is 9.10. The van der Waals surface area contributed by atoms with Gasteiger partial charge in [-0.2, -0.15) is 0 Å². The topological polar surface area (TPSA) is 35.5 Å². The highest BCUT2D eigenvalue weighted by Gasteiger charge is 2.14.